The Kier molecular flexibility index (Phi) is 7.29. The zero-order chi connectivity index (χ0) is 24.9. The van der Waals surface area contributed by atoms with Gasteiger partial charge in [0, 0.05) is 42.7 Å². The van der Waals surface area contributed by atoms with Crippen LogP contribution in [0.4, 0.5) is 0 Å². The van der Waals surface area contributed by atoms with E-state index in [2.05, 4.69) is 20.2 Å². The quantitative estimate of drug-likeness (QED) is 0.417. The van der Waals surface area contributed by atoms with Gasteiger partial charge in [-0.3, -0.25) is 9.69 Å². The summed E-state index contributed by atoms with van der Waals surface area (Å²) in [7, 11) is 1.58. The molecule has 0 bridgehead atoms. The summed E-state index contributed by atoms with van der Waals surface area (Å²) in [4.78, 5) is 27.4. The predicted molar refractivity (Wildman–Crippen MR) is 137 cm³/mol. The van der Waals surface area contributed by atoms with Gasteiger partial charge in [-0.2, -0.15) is 0 Å². The number of carbonyl (C=O) groups excluding carboxylic acids is 1. The summed E-state index contributed by atoms with van der Waals surface area (Å²) in [5, 5.41) is 13.6. The van der Waals surface area contributed by atoms with Gasteiger partial charge in [-0.05, 0) is 61.7 Å². The first-order valence-corrected chi connectivity index (χ1v) is 12.3. The zero-order valence-corrected chi connectivity index (χ0v) is 20.4. The van der Waals surface area contributed by atoms with Crippen molar-refractivity contribution in [1.82, 2.24) is 25.2 Å². The topological polar surface area (TPSA) is 113 Å². The summed E-state index contributed by atoms with van der Waals surface area (Å²) in [5.41, 5.74) is 4.68. The van der Waals surface area contributed by atoms with E-state index in [1.54, 1.807) is 19.4 Å². The van der Waals surface area contributed by atoms with E-state index in [-0.39, 0.29) is 11.7 Å². The number of phenolic OH excluding ortho intramolecular Hbond substituents is 1. The van der Waals surface area contributed by atoms with Crippen molar-refractivity contribution < 1.29 is 19.4 Å². The molecule has 1 saturated heterocycles. The summed E-state index contributed by atoms with van der Waals surface area (Å²) >= 11 is 0. The molecule has 3 aromatic rings. The number of methoxy groups -OCH3 is 1. The molecule has 0 spiro atoms. The maximum Gasteiger partial charge on any atom is 0.247 e. The number of morpholine rings is 1. The van der Waals surface area contributed by atoms with Crippen LogP contribution in [0.1, 0.15) is 24.2 Å². The Bertz CT molecular complexity index is 1260. The Labute approximate surface area is 210 Å². The van der Waals surface area contributed by atoms with Crippen LogP contribution in [0, 0.1) is 0 Å². The number of fused-ring (bicyclic) bond motifs is 1. The summed E-state index contributed by atoms with van der Waals surface area (Å²) in [6, 6.07) is 9.09. The van der Waals surface area contributed by atoms with Gasteiger partial charge in [0.2, 0.25) is 11.8 Å². The molecule has 2 aromatic heterocycles. The number of amides is 1. The molecule has 1 aliphatic carbocycles. The van der Waals surface area contributed by atoms with Gasteiger partial charge < -0.3 is 24.9 Å². The largest absolute Gasteiger partial charge is 0.507 e. The lowest BCUT2D eigenvalue weighted by atomic mass is 9.99. The van der Waals surface area contributed by atoms with Crippen molar-refractivity contribution in [1.29, 1.82) is 0 Å². The maximum absolute atomic E-state index is 12.7. The van der Waals surface area contributed by atoms with Gasteiger partial charge in [-0.1, -0.05) is 6.07 Å². The number of rotatable bonds is 8. The van der Waals surface area contributed by atoms with Crippen LogP contribution in [0.15, 0.2) is 42.1 Å². The number of nitrogens with zero attached hydrogens (tertiary/aromatic N) is 3. The first-order chi connectivity index (χ1) is 17.6. The summed E-state index contributed by atoms with van der Waals surface area (Å²) in [6.45, 7) is 5.09. The highest BCUT2D eigenvalue weighted by atomic mass is 16.5. The Morgan fingerprint density at radius 3 is 2.92 bits per heavy atom. The number of imidazole rings is 1. The highest BCUT2D eigenvalue weighted by Gasteiger charge is 2.21. The molecule has 0 unspecified atom stereocenters. The number of phenols is 1. The molecule has 5 rings (SSSR count). The second kappa shape index (κ2) is 10.9. The third kappa shape index (κ3) is 5.27. The molecule has 1 fully saturated rings. The second-order valence-corrected chi connectivity index (χ2v) is 8.97. The van der Waals surface area contributed by atoms with Crippen LogP contribution < -0.4 is 10.1 Å². The van der Waals surface area contributed by atoms with Crippen LogP contribution in [0.3, 0.4) is 0 Å². The highest BCUT2D eigenvalue weighted by molar-refractivity contribution is 5.98. The van der Waals surface area contributed by atoms with Crippen LogP contribution in [-0.4, -0.2) is 77.4 Å². The van der Waals surface area contributed by atoms with Crippen molar-refractivity contribution in [2.75, 3.05) is 46.5 Å². The molecule has 2 aliphatic rings. The number of carbonyl (C=O) groups is 1. The average molecular weight is 490 g/mol. The normalized spacial score (nSPS) is 15.8. The maximum atomic E-state index is 12.7. The molecule has 0 saturated carbocycles. The smallest absolute Gasteiger partial charge is 0.247 e. The Morgan fingerprint density at radius 2 is 2.08 bits per heavy atom. The summed E-state index contributed by atoms with van der Waals surface area (Å²) < 4.78 is 10.8. The van der Waals surface area contributed by atoms with Crippen LogP contribution in [0.2, 0.25) is 0 Å². The number of benzene rings is 1. The van der Waals surface area contributed by atoms with Crippen LogP contribution >= 0.6 is 0 Å². The molecule has 1 amide bonds. The predicted octanol–water partition coefficient (Wildman–Crippen LogP) is 3.02. The molecule has 3 heterocycles. The molecular formula is C27H31N5O4. The number of hydrogen-bond donors (Lipinski definition) is 3. The first-order valence-electron chi connectivity index (χ1n) is 12.3. The lowest BCUT2D eigenvalue weighted by Gasteiger charge is -2.26. The highest BCUT2D eigenvalue weighted by Crippen LogP contribution is 2.36. The minimum Gasteiger partial charge on any atom is -0.507 e. The fourth-order valence-corrected chi connectivity index (χ4v) is 4.65. The van der Waals surface area contributed by atoms with Gasteiger partial charge in [-0.25, -0.2) is 9.97 Å². The van der Waals surface area contributed by atoms with Gasteiger partial charge in [0.25, 0.3) is 0 Å². The van der Waals surface area contributed by atoms with Crippen molar-refractivity contribution in [3.63, 3.8) is 0 Å². The summed E-state index contributed by atoms with van der Waals surface area (Å²) in [5.74, 6) is 1.15. The van der Waals surface area contributed by atoms with Gasteiger partial charge in [0.05, 0.1) is 31.6 Å². The molecular weight excluding hydrogens is 458 g/mol. The van der Waals surface area contributed by atoms with Crippen molar-refractivity contribution >= 4 is 12.0 Å². The number of aromatic amines is 1. The van der Waals surface area contributed by atoms with E-state index in [0.717, 1.165) is 67.4 Å². The fraction of sp³-hybridized carbons (Fsp3) is 0.370. The van der Waals surface area contributed by atoms with Crippen LogP contribution in [0.5, 0.6) is 11.6 Å². The minimum atomic E-state index is -0.0410. The zero-order valence-electron chi connectivity index (χ0n) is 20.4. The number of ether oxygens (including phenoxy) is 2. The first kappa shape index (κ1) is 24.0. The van der Waals surface area contributed by atoms with Gasteiger partial charge >= 0.3 is 0 Å². The van der Waals surface area contributed by atoms with Gasteiger partial charge in [0.15, 0.2) is 0 Å². The fourth-order valence-electron chi connectivity index (χ4n) is 4.65. The number of hydrogen-bond acceptors (Lipinski definition) is 7. The molecule has 0 radical (unpaired) electrons. The van der Waals surface area contributed by atoms with E-state index < -0.39 is 0 Å². The number of aromatic nitrogens is 3. The molecule has 9 nitrogen and oxygen atoms in total. The molecule has 36 heavy (non-hydrogen) atoms. The van der Waals surface area contributed by atoms with Crippen LogP contribution in [-0.2, 0) is 16.0 Å². The van der Waals surface area contributed by atoms with E-state index in [4.69, 9.17) is 14.5 Å². The number of aromatic hydroxyl groups is 1. The van der Waals surface area contributed by atoms with Gasteiger partial charge in [-0.15, -0.1) is 0 Å². The third-order valence-corrected chi connectivity index (χ3v) is 6.63. The molecule has 3 N–H and O–H groups in total. The molecule has 1 aromatic carbocycles. The van der Waals surface area contributed by atoms with E-state index in [1.807, 2.05) is 30.3 Å². The standard InChI is InChI=1S/C27H31N5O4/c1-35-27-20(4-2-9-29-27)18-6-8-24(33)21(16-18)25-30-22-7-5-19(17-23(22)31-25)26(34)28-10-3-11-32-12-14-36-15-13-32/h2,4,6,8-9,16-17,33H,3,5,7,10-15H2,1H3,(H,28,34)(H,30,31). The lowest BCUT2D eigenvalue weighted by molar-refractivity contribution is -0.117. The second-order valence-electron chi connectivity index (χ2n) is 8.97. The SMILES string of the molecule is COc1ncccc1-c1ccc(O)c(-c2nc3c([nH]2)CCC(C(=O)NCCCN2CCOCC2)=C3)c1. The number of aryl methyl sites for hydroxylation is 1. The molecule has 0 atom stereocenters. The van der Waals surface area contributed by atoms with E-state index in [9.17, 15) is 9.90 Å². The monoisotopic (exact) mass is 489 g/mol. The number of nitrogens with one attached hydrogen (secondary N) is 2. The molecule has 1 aliphatic heterocycles. The number of H-pyrrole nitrogens is 1. The van der Waals surface area contributed by atoms with Crippen molar-refractivity contribution in [3.05, 3.63) is 53.5 Å². The van der Waals surface area contributed by atoms with E-state index in [0.29, 0.717) is 36.7 Å². The Morgan fingerprint density at radius 1 is 1.22 bits per heavy atom. The minimum absolute atomic E-state index is 0.0410. The van der Waals surface area contributed by atoms with Crippen molar-refractivity contribution in [3.8, 4) is 34.1 Å². The van der Waals surface area contributed by atoms with Gasteiger partial charge in [0.1, 0.15) is 11.6 Å². The van der Waals surface area contributed by atoms with Crippen molar-refractivity contribution in [2.45, 2.75) is 19.3 Å². The lowest BCUT2D eigenvalue weighted by Crippen LogP contribution is -2.38. The van der Waals surface area contributed by atoms with E-state index >= 15 is 0 Å². The van der Waals surface area contributed by atoms with Crippen LogP contribution in [0.25, 0.3) is 28.6 Å². The third-order valence-electron chi connectivity index (χ3n) is 6.63. The van der Waals surface area contributed by atoms with Crippen molar-refractivity contribution in [2.24, 2.45) is 0 Å². The Balaban J connectivity index is 1.28. The van der Waals surface area contributed by atoms with E-state index in [1.165, 1.54) is 0 Å². The molecule has 188 valence electrons. The number of pyridine rings is 1. The summed E-state index contributed by atoms with van der Waals surface area (Å²) in [6.07, 6.45) is 5.76. The molecule has 9 heteroatoms. The average Bonchev–Trinajstić information content (AvgIpc) is 3.35. The Hall–Kier alpha value is -3.69.